The van der Waals surface area contributed by atoms with Crippen molar-refractivity contribution in [1.82, 2.24) is 0 Å². The molecule has 0 aliphatic rings. The molecule has 0 aliphatic heterocycles. The third kappa shape index (κ3) is 3.16. The number of halogens is 2. The van der Waals surface area contributed by atoms with Gasteiger partial charge in [-0.1, -0.05) is 6.58 Å². The van der Waals surface area contributed by atoms with Crippen LogP contribution in [-0.4, -0.2) is 12.4 Å². The summed E-state index contributed by atoms with van der Waals surface area (Å²) < 4.78 is 27.8. The van der Waals surface area contributed by atoms with E-state index in [1.807, 2.05) is 0 Å². The highest BCUT2D eigenvalue weighted by atomic mass is 19.3. The van der Waals surface area contributed by atoms with Crippen molar-refractivity contribution in [2.75, 3.05) is 0 Å². The zero-order valence-corrected chi connectivity index (χ0v) is 8.17. The van der Waals surface area contributed by atoms with E-state index in [9.17, 15) is 13.6 Å². The first kappa shape index (κ1) is 11.4. The molecule has 0 spiro atoms. The Morgan fingerprint density at radius 2 is 1.87 bits per heavy atom. The molecule has 0 N–H and O–H groups in total. The predicted molar refractivity (Wildman–Crippen MR) is 52.2 cm³/mol. The second kappa shape index (κ2) is 4.68. The smallest absolute Gasteiger partial charge is 0.387 e. The van der Waals surface area contributed by atoms with Crippen molar-refractivity contribution in [1.29, 1.82) is 0 Å². The molecule has 0 bridgehead atoms. The fourth-order valence-electron chi connectivity index (χ4n) is 1.03. The van der Waals surface area contributed by atoms with E-state index in [1.54, 1.807) is 6.92 Å². The first-order valence-corrected chi connectivity index (χ1v) is 4.26. The Kier molecular flexibility index (Phi) is 3.55. The summed E-state index contributed by atoms with van der Waals surface area (Å²) in [6, 6.07) is 5.49. The average Bonchev–Trinajstić information content (AvgIpc) is 2.17. The Bertz CT molecular complexity index is 369. The number of hydrogen-bond donors (Lipinski definition) is 0. The van der Waals surface area contributed by atoms with Gasteiger partial charge in [-0.25, -0.2) is 0 Å². The molecule has 0 amide bonds. The molecule has 2 nitrogen and oxygen atoms in total. The van der Waals surface area contributed by atoms with Crippen molar-refractivity contribution in [2.45, 2.75) is 13.5 Å². The van der Waals surface area contributed by atoms with Crippen LogP contribution in [0.5, 0.6) is 5.75 Å². The van der Waals surface area contributed by atoms with E-state index in [0.717, 1.165) is 0 Å². The standard InChI is InChI=1S/C11H10F2O2/c1-7(2)10(14)8-3-5-9(6-4-8)15-11(12)13/h3-6,11H,1H2,2H3. The number of alkyl halides is 2. The number of carbonyl (C=O) groups excluding carboxylic acids is 1. The number of ketones is 1. The van der Waals surface area contributed by atoms with Gasteiger partial charge in [0.15, 0.2) is 5.78 Å². The second-order valence-electron chi connectivity index (χ2n) is 3.01. The summed E-state index contributed by atoms with van der Waals surface area (Å²) in [6.07, 6.45) is 0. The van der Waals surface area contributed by atoms with Crippen molar-refractivity contribution in [3.63, 3.8) is 0 Å². The zero-order valence-electron chi connectivity index (χ0n) is 8.17. The molecule has 4 heteroatoms. The molecule has 80 valence electrons. The molecule has 0 aromatic heterocycles. The van der Waals surface area contributed by atoms with Crippen molar-refractivity contribution in [3.8, 4) is 5.75 Å². The highest BCUT2D eigenvalue weighted by Gasteiger charge is 2.08. The number of allylic oxidation sites excluding steroid dienone is 1. The lowest BCUT2D eigenvalue weighted by atomic mass is 10.1. The molecular formula is C11H10F2O2. The third-order valence-electron chi connectivity index (χ3n) is 1.73. The lowest BCUT2D eigenvalue weighted by Crippen LogP contribution is -2.03. The number of hydrogen-bond acceptors (Lipinski definition) is 2. The maximum absolute atomic E-state index is 11.8. The molecule has 0 fully saturated rings. The van der Waals surface area contributed by atoms with Crippen molar-refractivity contribution in [3.05, 3.63) is 42.0 Å². The monoisotopic (exact) mass is 212 g/mol. The van der Waals surface area contributed by atoms with Crippen LogP contribution in [0.1, 0.15) is 17.3 Å². The van der Waals surface area contributed by atoms with E-state index in [4.69, 9.17) is 0 Å². The van der Waals surface area contributed by atoms with E-state index in [-0.39, 0.29) is 11.5 Å². The molecule has 0 unspecified atom stereocenters. The van der Waals surface area contributed by atoms with E-state index >= 15 is 0 Å². The normalized spacial score (nSPS) is 10.1. The quantitative estimate of drug-likeness (QED) is 0.566. The molecule has 0 atom stereocenters. The fourth-order valence-corrected chi connectivity index (χ4v) is 1.03. The minimum atomic E-state index is -2.85. The number of benzene rings is 1. The Hall–Kier alpha value is -1.71. The first-order chi connectivity index (χ1) is 7.00. The summed E-state index contributed by atoms with van der Waals surface area (Å²) >= 11 is 0. The van der Waals surface area contributed by atoms with Gasteiger partial charge in [0, 0.05) is 5.56 Å². The number of Topliss-reactive ketones (excluding diaryl/α,β-unsaturated/α-hetero) is 1. The number of carbonyl (C=O) groups is 1. The van der Waals surface area contributed by atoms with Gasteiger partial charge < -0.3 is 4.74 Å². The molecular weight excluding hydrogens is 202 g/mol. The lowest BCUT2D eigenvalue weighted by Gasteiger charge is -2.04. The number of rotatable bonds is 4. The highest BCUT2D eigenvalue weighted by molar-refractivity contribution is 6.07. The van der Waals surface area contributed by atoms with Crippen LogP contribution in [-0.2, 0) is 0 Å². The predicted octanol–water partition coefficient (Wildman–Crippen LogP) is 3.05. The molecule has 0 saturated heterocycles. The first-order valence-electron chi connectivity index (χ1n) is 4.26. The molecule has 0 aliphatic carbocycles. The van der Waals surface area contributed by atoms with Gasteiger partial charge in [0.2, 0.25) is 0 Å². The Labute approximate surface area is 86.2 Å². The Morgan fingerprint density at radius 1 is 1.33 bits per heavy atom. The van der Waals surface area contributed by atoms with Crippen LogP contribution in [0.3, 0.4) is 0 Å². The Balaban J connectivity index is 2.81. The van der Waals surface area contributed by atoms with Crippen molar-refractivity contribution in [2.24, 2.45) is 0 Å². The second-order valence-corrected chi connectivity index (χ2v) is 3.01. The SMILES string of the molecule is C=C(C)C(=O)c1ccc(OC(F)F)cc1. The van der Waals surface area contributed by atoms with Gasteiger partial charge in [-0.15, -0.1) is 0 Å². The maximum atomic E-state index is 11.8. The summed E-state index contributed by atoms with van der Waals surface area (Å²) in [5, 5.41) is 0. The summed E-state index contributed by atoms with van der Waals surface area (Å²) in [6.45, 7) is 2.24. The molecule has 15 heavy (non-hydrogen) atoms. The Morgan fingerprint density at radius 3 is 2.27 bits per heavy atom. The minimum absolute atomic E-state index is 0.0308. The van der Waals surface area contributed by atoms with Gasteiger partial charge in [-0.05, 0) is 36.8 Å². The molecule has 1 aromatic carbocycles. The summed E-state index contributed by atoms with van der Waals surface area (Å²) in [4.78, 5) is 11.4. The third-order valence-corrected chi connectivity index (χ3v) is 1.73. The molecule has 0 heterocycles. The summed E-state index contributed by atoms with van der Waals surface area (Å²) in [7, 11) is 0. The van der Waals surface area contributed by atoms with Crippen LogP contribution in [0.4, 0.5) is 8.78 Å². The van der Waals surface area contributed by atoms with E-state index in [2.05, 4.69) is 11.3 Å². The minimum Gasteiger partial charge on any atom is -0.435 e. The zero-order chi connectivity index (χ0) is 11.4. The average molecular weight is 212 g/mol. The van der Waals surface area contributed by atoms with E-state index < -0.39 is 6.61 Å². The van der Waals surface area contributed by atoms with Crippen molar-refractivity contribution < 1.29 is 18.3 Å². The van der Waals surface area contributed by atoms with Crippen LogP contribution in [0, 0.1) is 0 Å². The van der Waals surface area contributed by atoms with Crippen LogP contribution in [0.25, 0.3) is 0 Å². The van der Waals surface area contributed by atoms with Gasteiger partial charge in [-0.3, -0.25) is 4.79 Å². The van der Waals surface area contributed by atoms with Gasteiger partial charge in [0.05, 0.1) is 0 Å². The van der Waals surface area contributed by atoms with Gasteiger partial charge in [0.25, 0.3) is 0 Å². The summed E-state index contributed by atoms with van der Waals surface area (Å²) in [5.74, 6) is -0.179. The molecule has 0 saturated carbocycles. The largest absolute Gasteiger partial charge is 0.435 e. The van der Waals surface area contributed by atoms with Crippen molar-refractivity contribution >= 4 is 5.78 Å². The van der Waals surface area contributed by atoms with Crippen LogP contribution >= 0.6 is 0 Å². The lowest BCUT2D eigenvalue weighted by molar-refractivity contribution is -0.0498. The number of ether oxygens (including phenoxy) is 1. The molecule has 1 aromatic rings. The van der Waals surface area contributed by atoms with Gasteiger partial charge >= 0.3 is 6.61 Å². The van der Waals surface area contributed by atoms with Gasteiger partial charge in [-0.2, -0.15) is 8.78 Å². The van der Waals surface area contributed by atoms with E-state index in [1.165, 1.54) is 24.3 Å². The highest BCUT2D eigenvalue weighted by Crippen LogP contribution is 2.16. The van der Waals surface area contributed by atoms with Crippen LogP contribution in [0.15, 0.2) is 36.4 Å². The van der Waals surface area contributed by atoms with Crippen LogP contribution < -0.4 is 4.74 Å². The van der Waals surface area contributed by atoms with E-state index in [0.29, 0.717) is 11.1 Å². The molecule has 1 rings (SSSR count). The fraction of sp³-hybridized carbons (Fsp3) is 0.182. The molecule has 0 radical (unpaired) electrons. The van der Waals surface area contributed by atoms with Crippen LogP contribution in [0.2, 0.25) is 0 Å². The van der Waals surface area contributed by atoms with Gasteiger partial charge in [0.1, 0.15) is 5.75 Å². The topological polar surface area (TPSA) is 26.3 Å². The summed E-state index contributed by atoms with van der Waals surface area (Å²) in [5.41, 5.74) is 0.807. The maximum Gasteiger partial charge on any atom is 0.387 e.